The van der Waals surface area contributed by atoms with Gasteiger partial charge in [-0.2, -0.15) is 0 Å². The monoisotopic (exact) mass is 488 g/mol. The molecule has 0 unspecified atom stereocenters. The van der Waals surface area contributed by atoms with Crippen LogP contribution in [0.15, 0.2) is 42.5 Å². The van der Waals surface area contributed by atoms with Gasteiger partial charge in [-0.25, -0.2) is 4.98 Å². The Morgan fingerprint density at radius 1 is 0.917 bits per heavy atom. The van der Waals surface area contributed by atoms with Crippen LogP contribution in [0.5, 0.6) is 0 Å². The molecule has 6 nitrogen and oxygen atoms in total. The minimum Gasteiger partial charge on any atom is -0.356 e. The molecule has 2 fully saturated rings. The van der Waals surface area contributed by atoms with Gasteiger partial charge in [0.25, 0.3) is 5.91 Å². The standard InChI is InChI=1S/C22H25N3O.C8H15NO/c1-15-8-10-16(11-9-15)21-24-19-13-12-17(14-20(19)25-21)22(26)23-18-6-4-2-3-5-7-18;1-7-2-4-8(5-3-7)9-6-10/h8-14,18H,2-7H2,1H3,(H,23,26)(H,24,25);6-8H,2-5H2,1H3,(H,9,10). The average Bonchev–Trinajstić information content (AvgIpc) is 3.15. The van der Waals surface area contributed by atoms with Gasteiger partial charge in [-0.3, -0.25) is 9.59 Å². The zero-order chi connectivity index (χ0) is 25.3. The summed E-state index contributed by atoms with van der Waals surface area (Å²) in [6.45, 7) is 4.35. The first-order chi connectivity index (χ1) is 17.5. The molecular weight excluding hydrogens is 448 g/mol. The second-order valence-corrected chi connectivity index (χ2v) is 10.6. The van der Waals surface area contributed by atoms with Crippen LogP contribution in [-0.4, -0.2) is 34.4 Å². The van der Waals surface area contributed by atoms with E-state index in [-0.39, 0.29) is 5.91 Å². The molecule has 3 aromatic rings. The summed E-state index contributed by atoms with van der Waals surface area (Å²) in [5.74, 6) is 1.72. The maximum Gasteiger partial charge on any atom is 0.251 e. The van der Waals surface area contributed by atoms with Crippen molar-refractivity contribution in [1.82, 2.24) is 20.6 Å². The zero-order valence-corrected chi connectivity index (χ0v) is 21.7. The van der Waals surface area contributed by atoms with E-state index in [0.717, 1.165) is 47.6 Å². The molecule has 2 aromatic carbocycles. The normalized spacial score (nSPS) is 20.6. The Morgan fingerprint density at radius 2 is 1.61 bits per heavy atom. The molecule has 1 heterocycles. The molecule has 3 N–H and O–H groups in total. The number of aromatic amines is 1. The number of fused-ring (bicyclic) bond motifs is 1. The number of carbonyl (C=O) groups is 2. The SMILES string of the molecule is CC1CCC(NC=O)CC1.Cc1ccc(-c2nc3ccc(C(=O)NC4CCCCCC4)cc3[nH]2)cc1. The minimum absolute atomic E-state index is 0.0188. The number of imidazole rings is 1. The van der Waals surface area contributed by atoms with Crippen LogP contribution in [-0.2, 0) is 4.79 Å². The third-order valence-electron chi connectivity index (χ3n) is 7.58. The van der Waals surface area contributed by atoms with Gasteiger partial charge in [-0.15, -0.1) is 0 Å². The third-order valence-corrected chi connectivity index (χ3v) is 7.58. The van der Waals surface area contributed by atoms with E-state index in [1.54, 1.807) is 0 Å². The van der Waals surface area contributed by atoms with Crippen LogP contribution < -0.4 is 10.6 Å². The van der Waals surface area contributed by atoms with Crippen molar-refractivity contribution in [3.8, 4) is 11.4 Å². The summed E-state index contributed by atoms with van der Waals surface area (Å²) < 4.78 is 0. The number of nitrogens with one attached hydrogen (secondary N) is 3. The van der Waals surface area contributed by atoms with Crippen molar-refractivity contribution in [1.29, 1.82) is 0 Å². The molecule has 6 heteroatoms. The first-order valence-electron chi connectivity index (χ1n) is 13.6. The molecule has 0 radical (unpaired) electrons. The lowest BCUT2D eigenvalue weighted by molar-refractivity contribution is -0.110. The fourth-order valence-electron chi connectivity index (χ4n) is 5.21. The van der Waals surface area contributed by atoms with E-state index in [1.165, 1.54) is 56.9 Å². The number of hydrogen-bond donors (Lipinski definition) is 3. The Balaban J connectivity index is 0.000000256. The third kappa shape index (κ3) is 7.19. The van der Waals surface area contributed by atoms with Crippen LogP contribution in [0.2, 0.25) is 0 Å². The number of hydrogen-bond acceptors (Lipinski definition) is 3. The highest BCUT2D eigenvalue weighted by Crippen LogP contribution is 2.24. The second-order valence-electron chi connectivity index (χ2n) is 10.6. The van der Waals surface area contributed by atoms with Gasteiger partial charge in [0.1, 0.15) is 5.82 Å². The number of H-pyrrole nitrogens is 1. The fraction of sp³-hybridized carbons (Fsp3) is 0.500. The quantitative estimate of drug-likeness (QED) is 0.291. The summed E-state index contributed by atoms with van der Waals surface area (Å²) in [7, 11) is 0. The molecular formula is C30H40N4O2. The highest BCUT2D eigenvalue weighted by molar-refractivity contribution is 5.97. The van der Waals surface area contributed by atoms with E-state index in [2.05, 4.69) is 58.7 Å². The molecule has 0 spiro atoms. The van der Waals surface area contributed by atoms with Crippen molar-refractivity contribution in [2.24, 2.45) is 5.92 Å². The molecule has 2 aliphatic carbocycles. The van der Waals surface area contributed by atoms with E-state index in [9.17, 15) is 9.59 Å². The van der Waals surface area contributed by atoms with Crippen molar-refractivity contribution in [2.45, 2.75) is 90.1 Å². The smallest absolute Gasteiger partial charge is 0.251 e. The maximum absolute atomic E-state index is 12.6. The fourth-order valence-corrected chi connectivity index (χ4v) is 5.21. The molecule has 36 heavy (non-hydrogen) atoms. The number of aryl methyl sites for hydroxylation is 1. The van der Waals surface area contributed by atoms with Gasteiger partial charge in [-0.1, -0.05) is 62.4 Å². The molecule has 0 saturated heterocycles. The lowest BCUT2D eigenvalue weighted by Crippen LogP contribution is -2.34. The highest BCUT2D eigenvalue weighted by atomic mass is 16.1. The number of rotatable bonds is 5. The molecule has 0 bridgehead atoms. The maximum atomic E-state index is 12.6. The van der Waals surface area contributed by atoms with Crippen LogP contribution in [0.25, 0.3) is 22.4 Å². The Kier molecular flexibility index (Phi) is 9.15. The second kappa shape index (κ2) is 12.7. The van der Waals surface area contributed by atoms with E-state index in [1.807, 2.05) is 18.2 Å². The van der Waals surface area contributed by atoms with Gasteiger partial charge < -0.3 is 15.6 Å². The van der Waals surface area contributed by atoms with Crippen molar-refractivity contribution in [2.75, 3.05) is 0 Å². The van der Waals surface area contributed by atoms with E-state index in [4.69, 9.17) is 0 Å². The van der Waals surface area contributed by atoms with Gasteiger partial charge in [0.15, 0.2) is 0 Å². The van der Waals surface area contributed by atoms with E-state index >= 15 is 0 Å². The lowest BCUT2D eigenvalue weighted by atomic mass is 9.87. The van der Waals surface area contributed by atoms with Crippen molar-refractivity contribution in [3.05, 3.63) is 53.6 Å². The van der Waals surface area contributed by atoms with Crippen LogP contribution in [0.3, 0.4) is 0 Å². The van der Waals surface area contributed by atoms with E-state index < -0.39 is 0 Å². The topological polar surface area (TPSA) is 86.9 Å². The first-order valence-corrected chi connectivity index (χ1v) is 13.6. The first kappa shape index (κ1) is 25.9. The number of carbonyl (C=O) groups excluding carboxylic acids is 2. The van der Waals surface area contributed by atoms with Crippen molar-refractivity contribution < 1.29 is 9.59 Å². The largest absolute Gasteiger partial charge is 0.356 e. The summed E-state index contributed by atoms with van der Waals surface area (Å²) in [4.78, 5) is 30.7. The molecule has 0 atom stereocenters. The molecule has 2 amide bonds. The van der Waals surface area contributed by atoms with Gasteiger partial charge in [0.2, 0.25) is 6.41 Å². The molecule has 0 aliphatic heterocycles. The molecule has 5 rings (SSSR count). The summed E-state index contributed by atoms with van der Waals surface area (Å²) in [5.41, 5.74) is 4.75. The Morgan fingerprint density at radius 3 is 2.28 bits per heavy atom. The van der Waals surface area contributed by atoms with Crippen molar-refractivity contribution in [3.63, 3.8) is 0 Å². The molecule has 2 aliphatic rings. The summed E-state index contributed by atoms with van der Waals surface area (Å²) in [6, 6.07) is 14.8. The lowest BCUT2D eigenvalue weighted by Gasteiger charge is -2.25. The predicted molar refractivity (Wildman–Crippen MR) is 146 cm³/mol. The van der Waals surface area contributed by atoms with Crippen LogP contribution in [0.1, 0.15) is 87.1 Å². The van der Waals surface area contributed by atoms with Gasteiger partial charge >= 0.3 is 0 Å². The van der Waals surface area contributed by atoms with Gasteiger partial charge in [-0.05, 0) is 69.6 Å². The predicted octanol–water partition coefficient (Wildman–Crippen LogP) is 6.30. The summed E-state index contributed by atoms with van der Waals surface area (Å²) in [5, 5.41) is 6.04. The van der Waals surface area contributed by atoms with Gasteiger partial charge in [0, 0.05) is 23.2 Å². The Bertz CT molecular complexity index is 1120. The van der Waals surface area contributed by atoms with Gasteiger partial charge in [0.05, 0.1) is 11.0 Å². The number of amides is 2. The highest BCUT2D eigenvalue weighted by Gasteiger charge is 2.17. The summed E-state index contributed by atoms with van der Waals surface area (Å²) in [6.07, 6.45) is 12.9. The van der Waals surface area contributed by atoms with E-state index in [0.29, 0.717) is 17.6 Å². The minimum atomic E-state index is 0.0188. The Labute approximate surface area is 214 Å². The van der Waals surface area contributed by atoms with Crippen molar-refractivity contribution >= 4 is 23.4 Å². The number of benzene rings is 2. The summed E-state index contributed by atoms with van der Waals surface area (Å²) >= 11 is 0. The number of nitrogens with zero attached hydrogens (tertiary/aromatic N) is 1. The zero-order valence-electron chi connectivity index (χ0n) is 21.7. The molecule has 2 saturated carbocycles. The molecule has 1 aromatic heterocycles. The van der Waals surface area contributed by atoms with Crippen LogP contribution in [0.4, 0.5) is 0 Å². The molecule has 192 valence electrons. The van der Waals surface area contributed by atoms with Crippen LogP contribution in [0, 0.1) is 12.8 Å². The Hall–Kier alpha value is -3.15. The average molecular weight is 489 g/mol. The van der Waals surface area contributed by atoms with Crippen LogP contribution >= 0.6 is 0 Å². The number of aromatic nitrogens is 2.